The Hall–Kier alpha value is -1.46. The van der Waals surface area contributed by atoms with Gasteiger partial charge in [0.05, 0.1) is 0 Å². The molecule has 114 valence electrons. The molecule has 0 atom stereocenters. The lowest BCUT2D eigenvalue weighted by Crippen LogP contribution is -2.51. The van der Waals surface area contributed by atoms with E-state index in [0.717, 1.165) is 58.7 Å². The molecule has 1 aromatic rings. The lowest BCUT2D eigenvalue weighted by Gasteiger charge is -2.37. The van der Waals surface area contributed by atoms with Crippen LogP contribution in [0, 0.1) is 5.92 Å². The number of nitrogens with zero attached hydrogens (tertiary/aromatic N) is 3. The van der Waals surface area contributed by atoms with Crippen molar-refractivity contribution >= 4 is 5.91 Å². The van der Waals surface area contributed by atoms with Crippen molar-refractivity contribution in [3.8, 4) is 0 Å². The van der Waals surface area contributed by atoms with E-state index in [-0.39, 0.29) is 5.92 Å². The largest absolute Gasteiger partial charge is 0.340 e. The van der Waals surface area contributed by atoms with Crippen LogP contribution in [-0.4, -0.2) is 60.0 Å². The van der Waals surface area contributed by atoms with E-state index in [2.05, 4.69) is 32.2 Å². The Morgan fingerprint density at radius 1 is 1.14 bits per heavy atom. The minimum Gasteiger partial charge on any atom is -0.340 e. The smallest absolute Gasteiger partial charge is 0.225 e. The maximum absolute atomic E-state index is 12.5. The summed E-state index contributed by atoms with van der Waals surface area (Å²) in [5, 5.41) is 3.32. The summed E-state index contributed by atoms with van der Waals surface area (Å²) < 4.78 is 0. The molecule has 0 radical (unpaired) electrons. The number of carbonyl (C=O) groups excluding carboxylic acids is 1. The summed E-state index contributed by atoms with van der Waals surface area (Å²) in [7, 11) is 0. The van der Waals surface area contributed by atoms with Gasteiger partial charge in [-0.2, -0.15) is 0 Å². The Bertz CT molecular complexity index is 451. The number of aromatic nitrogens is 1. The number of nitrogens with one attached hydrogen (secondary N) is 1. The lowest BCUT2D eigenvalue weighted by molar-refractivity contribution is -0.138. The molecule has 0 spiro atoms. The van der Waals surface area contributed by atoms with Crippen LogP contribution in [0.1, 0.15) is 18.4 Å². The molecular weight excluding hydrogens is 264 g/mol. The summed E-state index contributed by atoms with van der Waals surface area (Å²) in [5.74, 6) is 0.623. The zero-order valence-corrected chi connectivity index (χ0v) is 12.5. The van der Waals surface area contributed by atoms with E-state index in [0.29, 0.717) is 5.91 Å². The Kier molecular flexibility index (Phi) is 4.83. The molecular formula is C16H24N4O. The van der Waals surface area contributed by atoms with Gasteiger partial charge in [-0.25, -0.2) is 0 Å². The molecule has 1 aromatic heterocycles. The normalized spacial score (nSPS) is 21.4. The van der Waals surface area contributed by atoms with Crippen molar-refractivity contribution in [2.45, 2.75) is 19.4 Å². The number of hydrogen-bond donors (Lipinski definition) is 1. The van der Waals surface area contributed by atoms with Crippen molar-refractivity contribution in [1.82, 2.24) is 20.1 Å². The van der Waals surface area contributed by atoms with Crippen molar-refractivity contribution < 1.29 is 4.79 Å². The molecule has 2 saturated heterocycles. The average Bonchev–Trinajstić information content (AvgIpc) is 2.57. The second-order valence-electron chi connectivity index (χ2n) is 5.98. The Labute approximate surface area is 126 Å². The molecule has 0 aliphatic carbocycles. The topological polar surface area (TPSA) is 48.5 Å². The molecule has 2 aliphatic heterocycles. The molecule has 0 aromatic carbocycles. The minimum atomic E-state index is 0.248. The van der Waals surface area contributed by atoms with Crippen molar-refractivity contribution in [3.63, 3.8) is 0 Å². The molecule has 1 amide bonds. The van der Waals surface area contributed by atoms with E-state index in [1.54, 1.807) is 0 Å². The molecule has 5 nitrogen and oxygen atoms in total. The fourth-order valence-corrected chi connectivity index (χ4v) is 3.20. The highest BCUT2D eigenvalue weighted by molar-refractivity contribution is 5.79. The van der Waals surface area contributed by atoms with Crippen LogP contribution in [0.25, 0.3) is 0 Å². The van der Waals surface area contributed by atoms with Crippen LogP contribution in [0.4, 0.5) is 0 Å². The van der Waals surface area contributed by atoms with E-state index in [1.165, 1.54) is 5.56 Å². The van der Waals surface area contributed by atoms with Gasteiger partial charge in [0.15, 0.2) is 0 Å². The molecule has 3 rings (SSSR count). The van der Waals surface area contributed by atoms with Gasteiger partial charge < -0.3 is 10.2 Å². The Balaban J connectivity index is 1.47. The molecule has 21 heavy (non-hydrogen) atoms. The van der Waals surface area contributed by atoms with Crippen LogP contribution >= 0.6 is 0 Å². The van der Waals surface area contributed by atoms with E-state index < -0.39 is 0 Å². The molecule has 2 aliphatic rings. The lowest BCUT2D eigenvalue weighted by atomic mass is 9.96. The van der Waals surface area contributed by atoms with Gasteiger partial charge in [0.1, 0.15) is 0 Å². The standard InChI is InChI=1S/C16H24N4O/c21-16(15-3-7-18-8-4-15)20-11-9-19(10-12-20)13-14-1-5-17-6-2-14/h1-2,5-6,15,18H,3-4,7-13H2. The second kappa shape index (κ2) is 7.00. The predicted octanol–water partition coefficient (Wildman–Crippen LogP) is 0.725. The zero-order valence-electron chi connectivity index (χ0n) is 12.5. The number of hydrogen-bond acceptors (Lipinski definition) is 4. The van der Waals surface area contributed by atoms with Gasteiger partial charge in [-0.3, -0.25) is 14.7 Å². The first-order valence-electron chi connectivity index (χ1n) is 7.94. The summed E-state index contributed by atoms with van der Waals surface area (Å²) in [6, 6.07) is 4.12. The Morgan fingerprint density at radius 3 is 2.48 bits per heavy atom. The first kappa shape index (κ1) is 14.5. The maximum Gasteiger partial charge on any atom is 0.225 e. The third kappa shape index (κ3) is 3.80. The van der Waals surface area contributed by atoms with Crippen LogP contribution in [0.5, 0.6) is 0 Å². The number of pyridine rings is 1. The highest BCUT2D eigenvalue weighted by Gasteiger charge is 2.28. The fraction of sp³-hybridized carbons (Fsp3) is 0.625. The predicted molar refractivity (Wildman–Crippen MR) is 81.7 cm³/mol. The molecule has 0 saturated carbocycles. The van der Waals surface area contributed by atoms with Gasteiger partial charge in [0.25, 0.3) is 0 Å². The van der Waals surface area contributed by atoms with Gasteiger partial charge in [0.2, 0.25) is 5.91 Å². The van der Waals surface area contributed by atoms with Crippen LogP contribution in [-0.2, 0) is 11.3 Å². The molecule has 3 heterocycles. The van der Waals surface area contributed by atoms with E-state index in [4.69, 9.17) is 0 Å². The first-order chi connectivity index (χ1) is 10.3. The van der Waals surface area contributed by atoms with Gasteiger partial charge >= 0.3 is 0 Å². The zero-order chi connectivity index (χ0) is 14.5. The van der Waals surface area contributed by atoms with Gasteiger partial charge in [-0.05, 0) is 43.6 Å². The summed E-state index contributed by atoms with van der Waals surface area (Å²) in [5.41, 5.74) is 1.29. The SMILES string of the molecule is O=C(C1CCNCC1)N1CCN(Cc2ccncc2)CC1. The number of carbonyl (C=O) groups is 1. The van der Waals surface area contributed by atoms with Crippen molar-refractivity contribution in [2.75, 3.05) is 39.3 Å². The number of amides is 1. The van der Waals surface area contributed by atoms with Crippen LogP contribution in [0.15, 0.2) is 24.5 Å². The van der Waals surface area contributed by atoms with Crippen molar-refractivity contribution in [3.05, 3.63) is 30.1 Å². The third-order valence-corrected chi connectivity index (χ3v) is 4.53. The highest BCUT2D eigenvalue weighted by atomic mass is 16.2. The first-order valence-corrected chi connectivity index (χ1v) is 7.94. The van der Waals surface area contributed by atoms with E-state index in [9.17, 15) is 4.79 Å². The summed E-state index contributed by atoms with van der Waals surface area (Å²) >= 11 is 0. The minimum absolute atomic E-state index is 0.248. The third-order valence-electron chi connectivity index (χ3n) is 4.53. The monoisotopic (exact) mass is 288 g/mol. The summed E-state index contributed by atoms with van der Waals surface area (Å²) in [6.07, 6.45) is 5.67. The van der Waals surface area contributed by atoms with Crippen molar-refractivity contribution in [1.29, 1.82) is 0 Å². The van der Waals surface area contributed by atoms with E-state index >= 15 is 0 Å². The van der Waals surface area contributed by atoms with E-state index in [1.807, 2.05) is 12.4 Å². The van der Waals surface area contributed by atoms with Crippen molar-refractivity contribution in [2.24, 2.45) is 5.92 Å². The molecule has 1 N–H and O–H groups in total. The Morgan fingerprint density at radius 2 is 1.81 bits per heavy atom. The van der Waals surface area contributed by atoms with Crippen LogP contribution in [0.3, 0.4) is 0 Å². The van der Waals surface area contributed by atoms with Gasteiger partial charge in [-0.15, -0.1) is 0 Å². The van der Waals surface area contributed by atoms with Crippen LogP contribution in [0.2, 0.25) is 0 Å². The summed E-state index contributed by atoms with van der Waals surface area (Å²) in [6.45, 7) is 6.61. The fourth-order valence-electron chi connectivity index (χ4n) is 3.20. The molecule has 5 heteroatoms. The highest BCUT2D eigenvalue weighted by Crippen LogP contribution is 2.17. The maximum atomic E-state index is 12.5. The molecule has 0 unspecified atom stereocenters. The molecule has 2 fully saturated rings. The second-order valence-corrected chi connectivity index (χ2v) is 5.98. The summed E-state index contributed by atoms with van der Waals surface area (Å²) in [4.78, 5) is 21.0. The number of piperidine rings is 1. The van der Waals surface area contributed by atoms with Crippen LogP contribution < -0.4 is 5.32 Å². The quantitative estimate of drug-likeness (QED) is 0.890. The van der Waals surface area contributed by atoms with Gasteiger partial charge in [0, 0.05) is 51.0 Å². The van der Waals surface area contributed by atoms with Gasteiger partial charge in [-0.1, -0.05) is 0 Å². The average molecular weight is 288 g/mol. The number of piperazine rings is 1. The molecule has 0 bridgehead atoms. The number of rotatable bonds is 3.